The van der Waals surface area contributed by atoms with Gasteiger partial charge in [-0.25, -0.2) is 4.79 Å². The van der Waals surface area contributed by atoms with Crippen LogP contribution < -0.4 is 5.32 Å². The molecule has 1 N–H and O–H groups in total. The van der Waals surface area contributed by atoms with Crippen LogP contribution in [-0.2, 0) is 20.9 Å². The van der Waals surface area contributed by atoms with Crippen molar-refractivity contribution < 1.29 is 14.3 Å². The van der Waals surface area contributed by atoms with Crippen LogP contribution in [0.15, 0.2) is 36.4 Å². The van der Waals surface area contributed by atoms with Crippen LogP contribution in [0.2, 0.25) is 0 Å². The first kappa shape index (κ1) is 19.9. The minimum absolute atomic E-state index is 0.311. The van der Waals surface area contributed by atoms with Crippen molar-refractivity contribution in [3.8, 4) is 0 Å². The molecule has 0 spiro atoms. The normalized spacial score (nSPS) is 14.9. The lowest BCUT2D eigenvalue weighted by Gasteiger charge is -2.12. The Balaban J connectivity index is 1.51. The number of benzene rings is 1. The Kier molecular flexibility index (Phi) is 6.02. The molecule has 1 amide bonds. The standard InChI is InChI=1S/C23H28N2O3/c1-15-5-7-19(8-6-15)14-24-23(27)18(4)28-22(26)12-9-20-13-16(2)25(17(20)3)21-10-11-21/h5-9,12-13,18,21H,10-11,14H2,1-4H3,(H,24,27)/b12-9+/t18-/m1/s1. The van der Waals surface area contributed by atoms with Gasteiger partial charge in [0.15, 0.2) is 6.10 Å². The molecule has 5 heteroatoms. The second-order valence-electron chi connectivity index (χ2n) is 7.54. The number of aromatic nitrogens is 1. The van der Waals surface area contributed by atoms with E-state index in [0.717, 1.165) is 16.8 Å². The third-order valence-corrected chi connectivity index (χ3v) is 5.08. The van der Waals surface area contributed by atoms with Gasteiger partial charge in [-0.15, -0.1) is 0 Å². The summed E-state index contributed by atoms with van der Waals surface area (Å²) >= 11 is 0. The number of esters is 1. The van der Waals surface area contributed by atoms with Gasteiger partial charge in [0.05, 0.1) is 0 Å². The molecule has 1 atom stereocenters. The van der Waals surface area contributed by atoms with Crippen LogP contribution >= 0.6 is 0 Å². The number of rotatable bonds is 7. The fourth-order valence-corrected chi connectivity index (χ4v) is 3.33. The molecule has 1 fully saturated rings. The van der Waals surface area contributed by atoms with E-state index < -0.39 is 12.1 Å². The van der Waals surface area contributed by atoms with E-state index in [2.05, 4.69) is 29.8 Å². The minimum atomic E-state index is -0.846. The highest BCUT2D eigenvalue weighted by Gasteiger charge is 2.26. The first-order valence-corrected chi connectivity index (χ1v) is 9.75. The largest absolute Gasteiger partial charge is 0.449 e. The van der Waals surface area contributed by atoms with Crippen molar-refractivity contribution in [2.45, 2.75) is 59.2 Å². The average molecular weight is 380 g/mol. The number of nitrogens with one attached hydrogen (secondary N) is 1. The summed E-state index contributed by atoms with van der Waals surface area (Å²) in [5.41, 5.74) is 5.55. The lowest BCUT2D eigenvalue weighted by molar-refractivity contribution is -0.150. The highest BCUT2D eigenvalue weighted by molar-refractivity contribution is 5.90. The summed E-state index contributed by atoms with van der Waals surface area (Å²) in [4.78, 5) is 24.3. The number of amides is 1. The van der Waals surface area contributed by atoms with E-state index in [1.807, 2.05) is 31.2 Å². The lowest BCUT2D eigenvalue weighted by Crippen LogP contribution is -2.35. The number of carbonyl (C=O) groups is 2. The number of ether oxygens (including phenoxy) is 1. The van der Waals surface area contributed by atoms with E-state index in [9.17, 15) is 9.59 Å². The number of carbonyl (C=O) groups excluding carboxylic acids is 2. The zero-order valence-electron chi connectivity index (χ0n) is 17.0. The molecule has 1 saturated carbocycles. The number of hydrogen-bond acceptors (Lipinski definition) is 3. The molecule has 2 aromatic rings. The maximum Gasteiger partial charge on any atom is 0.331 e. The predicted octanol–water partition coefficient (Wildman–Crippen LogP) is 4.01. The zero-order valence-corrected chi connectivity index (χ0v) is 17.0. The van der Waals surface area contributed by atoms with E-state index >= 15 is 0 Å². The quantitative estimate of drug-likeness (QED) is 0.583. The molecule has 1 aliphatic rings. The highest BCUT2D eigenvalue weighted by Crippen LogP contribution is 2.38. The van der Waals surface area contributed by atoms with Gasteiger partial charge in [0.25, 0.3) is 5.91 Å². The number of aryl methyl sites for hydroxylation is 2. The lowest BCUT2D eigenvalue weighted by atomic mass is 10.1. The first-order valence-electron chi connectivity index (χ1n) is 9.75. The van der Waals surface area contributed by atoms with Crippen LogP contribution in [0.4, 0.5) is 0 Å². The Labute approximate surface area is 166 Å². The SMILES string of the molecule is Cc1ccc(CNC(=O)[C@@H](C)OC(=O)/C=C/c2cc(C)n(C3CC3)c2C)cc1. The van der Waals surface area contributed by atoms with Crippen LogP contribution in [0.5, 0.6) is 0 Å². The smallest absolute Gasteiger partial charge is 0.331 e. The van der Waals surface area contributed by atoms with Gasteiger partial charge in [-0.2, -0.15) is 0 Å². The van der Waals surface area contributed by atoms with Crippen LogP contribution in [-0.4, -0.2) is 22.5 Å². The summed E-state index contributed by atoms with van der Waals surface area (Å²) < 4.78 is 7.56. The Hall–Kier alpha value is -2.82. The molecule has 148 valence electrons. The summed E-state index contributed by atoms with van der Waals surface area (Å²) in [5, 5.41) is 2.79. The van der Waals surface area contributed by atoms with Crippen molar-refractivity contribution in [1.82, 2.24) is 9.88 Å². The maximum atomic E-state index is 12.2. The molecule has 1 aliphatic carbocycles. The van der Waals surface area contributed by atoms with Crippen molar-refractivity contribution in [3.05, 3.63) is 64.5 Å². The first-order chi connectivity index (χ1) is 13.3. The molecule has 1 aromatic carbocycles. The minimum Gasteiger partial charge on any atom is -0.449 e. The molecule has 5 nitrogen and oxygen atoms in total. The summed E-state index contributed by atoms with van der Waals surface area (Å²) in [7, 11) is 0. The van der Waals surface area contributed by atoms with E-state index in [1.54, 1.807) is 13.0 Å². The van der Waals surface area contributed by atoms with Gasteiger partial charge >= 0.3 is 5.97 Å². The summed E-state index contributed by atoms with van der Waals surface area (Å²) in [6.45, 7) is 8.15. The van der Waals surface area contributed by atoms with E-state index in [0.29, 0.717) is 12.6 Å². The van der Waals surface area contributed by atoms with Gasteiger partial charge < -0.3 is 14.6 Å². The third kappa shape index (κ3) is 4.91. The van der Waals surface area contributed by atoms with Crippen molar-refractivity contribution in [2.75, 3.05) is 0 Å². The van der Waals surface area contributed by atoms with E-state index in [4.69, 9.17) is 4.74 Å². The Morgan fingerprint density at radius 3 is 2.54 bits per heavy atom. The fraction of sp³-hybridized carbons (Fsp3) is 0.391. The monoisotopic (exact) mass is 380 g/mol. The molecule has 0 bridgehead atoms. The van der Waals surface area contributed by atoms with Crippen molar-refractivity contribution in [1.29, 1.82) is 0 Å². The summed E-state index contributed by atoms with van der Waals surface area (Å²) in [6.07, 6.45) is 4.75. The van der Waals surface area contributed by atoms with Crippen LogP contribution in [0.3, 0.4) is 0 Å². The van der Waals surface area contributed by atoms with Crippen LogP contribution in [0, 0.1) is 20.8 Å². The number of hydrogen-bond donors (Lipinski definition) is 1. The van der Waals surface area contributed by atoms with Gasteiger partial charge in [-0.1, -0.05) is 29.8 Å². The van der Waals surface area contributed by atoms with Gasteiger partial charge in [0.2, 0.25) is 0 Å². The Bertz CT molecular complexity index is 889. The predicted molar refractivity (Wildman–Crippen MR) is 110 cm³/mol. The molecular formula is C23H28N2O3. The average Bonchev–Trinajstić information content (AvgIpc) is 3.44. The van der Waals surface area contributed by atoms with Crippen LogP contribution in [0.25, 0.3) is 6.08 Å². The zero-order chi connectivity index (χ0) is 20.3. The second-order valence-corrected chi connectivity index (χ2v) is 7.54. The van der Waals surface area contributed by atoms with Crippen LogP contribution in [0.1, 0.15) is 53.9 Å². The van der Waals surface area contributed by atoms with Gasteiger partial charge in [0, 0.05) is 30.1 Å². The molecule has 0 radical (unpaired) electrons. The van der Waals surface area contributed by atoms with E-state index in [1.165, 1.54) is 30.2 Å². The molecule has 1 heterocycles. The fourth-order valence-electron chi connectivity index (χ4n) is 3.33. The number of nitrogens with zero attached hydrogens (tertiary/aromatic N) is 1. The van der Waals surface area contributed by atoms with Crippen molar-refractivity contribution in [3.63, 3.8) is 0 Å². The molecule has 1 aromatic heterocycles. The molecular weight excluding hydrogens is 352 g/mol. The second kappa shape index (κ2) is 8.46. The molecule has 0 unspecified atom stereocenters. The Morgan fingerprint density at radius 1 is 1.21 bits per heavy atom. The maximum absolute atomic E-state index is 12.2. The molecule has 28 heavy (non-hydrogen) atoms. The van der Waals surface area contributed by atoms with Gasteiger partial charge in [-0.05, 0) is 63.8 Å². The van der Waals surface area contributed by atoms with Crippen molar-refractivity contribution >= 4 is 18.0 Å². The van der Waals surface area contributed by atoms with E-state index in [-0.39, 0.29) is 5.91 Å². The van der Waals surface area contributed by atoms with Crippen molar-refractivity contribution in [2.24, 2.45) is 0 Å². The van der Waals surface area contributed by atoms with Gasteiger partial charge in [0.1, 0.15) is 0 Å². The highest BCUT2D eigenvalue weighted by atomic mass is 16.5. The molecule has 0 saturated heterocycles. The topological polar surface area (TPSA) is 60.3 Å². The summed E-state index contributed by atoms with van der Waals surface area (Å²) in [5.74, 6) is -0.830. The molecule has 3 rings (SSSR count). The molecule has 0 aliphatic heterocycles. The summed E-state index contributed by atoms with van der Waals surface area (Å²) in [6, 6.07) is 10.6. The van der Waals surface area contributed by atoms with Gasteiger partial charge in [-0.3, -0.25) is 4.79 Å². The third-order valence-electron chi connectivity index (χ3n) is 5.08. The Morgan fingerprint density at radius 2 is 1.89 bits per heavy atom.